The van der Waals surface area contributed by atoms with Gasteiger partial charge in [-0.3, -0.25) is 19.5 Å². The number of benzene rings is 1. The third-order valence-electron chi connectivity index (χ3n) is 5.23. The summed E-state index contributed by atoms with van der Waals surface area (Å²) in [7, 11) is 0. The number of hydrogen-bond donors (Lipinski definition) is 0. The number of amides is 1. The molecule has 0 radical (unpaired) electrons. The van der Waals surface area contributed by atoms with E-state index in [1.54, 1.807) is 62.6 Å². The van der Waals surface area contributed by atoms with Crippen LogP contribution >= 0.6 is 11.3 Å². The van der Waals surface area contributed by atoms with E-state index in [0.717, 1.165) is 11.3 Å². The predicted octanol–water partition coefficient (Wildman–Crippen LogP) is 3.88. The van der Waals surface area contributed by atoms with Crippen LogP contribution in [0.4, 0.5) is 5.13 Å². The number of esters is 1. The van der Waals surface area contributed by atoms with Gasteiger partial charge in [-0.2, -0.15) is 0 Å². The van der Waals surface area contributed by atoms with E-state index in [1.807, 2.05) is 0 Å². The first kappa shape index (κ1) is 20.1. The molecule has 0 aliphatic carbocycles. The van der Waals surface area contributed by atoms with E-state index < -0.39 is 17.9 Å². The quantitative estimate of drug-likeness (QED) is 0.438. The highest BCUT2D eigenvalue weighted by Gasteiger charge is 2.45. The number of aryl methyl sites for hydroxylation is 1. The molecule has 8 nitrogen and oxygen atoms in total. The molecule has 1 aliphatic heterocycles. The van der Waals surface area contributed by atoms with E-state index in [-0.39, 0.29) is 28.5 Å². The standard InChI is InChI=1S/C23H17N3O5S/c1-3-30-22(29)20-12(2)25-23(32-20)26-17(13-7-6-10-24-11-13)16-18(27)14-8-4-5-9-15(14)31-19(16)21(26)28/h4-11,17H,3H2,1-2H3. The molecule has 1 unspecified atom stereocenters. The molecule has 4 aromatic rings. The second kappa shape index (κ2) is 7.69. The van der Waals surface area contributed by atoms with Gasteiger partial charge in [-0.1, -0.05) is 29.5 Å². The Bertz CT molecular complexity index is 1430. The lowest BCUT2D eigenvalue weighted by Gasteiger charge is -2.22. The van der Waals surface area contributed by atoms with E-state index in [4.69, 9.17) is 9.15 Å². The Hall–Kier alpha value is -3.85. The summed E-state index contributed by atoms with van der Waals surface area (Å²) in [6.07, 6.45) is 3.21. The number of fused-ring (bicyclic) bond motifs is 2. The molecule has 4 heterocycles. The van der Waals surface area contributed by atoms with E-state index in [2.05, 4.69) is 9.97 Å². The number of hydrogen-bond acceptors (Lipinski definition) is 8. The second-order valence-corrected chi connectivity index (χ2v) is 8.14. The molecule has 0 bridgehead atoms. The lowest BCUT2D eigenvalue weighted by molar-refractivity contribution is 0.0531. The number of thiazole rings is 1. The molecule has 1 aliphatic rings. The van der Waals surface area contributed by atoms with Crippen molar-refractivity contribution >= 4 is 39.3 Å². The smallest absolute Gasteiger partial charge is 0.350 e. The summed E-state index contributed by atoms with van der Waals surface area (Å²) in [5.41, 5.74) is 1.35. The fourth-order valence-corrected chi connectivity index (χ4v) is 4.83. The third-order valence-corrected chi connectivity index (χ3v) is 6.37. The number of ether oxygens (including phenoxy) is 1. The number of carbonyl (C=O) groups is 2. The first-order chi connectivity index (χ1) is 15.5. The Morgan fingerprint density at radius 1 is 1.22 bits per heavy atom. The van der Waals surface area contributed by atoms with Gasteiger partial charge in [-0.25, -0.2) is 9.78 Å². The molecular formula is C23H17N3O5S. The normalized spacial score (nSPS) is 15.2. The van der Waals surface area contributed by atoms with Crippen LogP contribution in [0, 0.1) is 6.92 Å². The van der Waals surface area contributed by atoms with Gasteiger partial charge in [-0.15, -0.1) is 0 Å². The number of carbonyl (C=O) groups excluding carboxylic acids is 2. The molecule has 0 saturated heterocycles. The molecule has 1 aromatic carbocycles. The Labute approximate surface area is 186 Å². The number of anilines is 1. The summed E-state index contributed by atoms with van der Waals surface area (Å²) in [5.74, 6) is -1.04. The molecule has 5 rings (SSSR count). The zero-order valence-corrected chi connectivity index (χ0v) is 18.0. The van der Waals surface area contributed by atoms with Crippen LogP contribution in [-0.2, 0) is 4.74 Å². The van der Waals surface area contributed by atoms with E-state index in [0.29, 0.717) is 27.1 Å². The maximum absolute atomic E-state index is 13.5. The zero-order valence-electron chi connectivity index (χ0n) is 17.2. The van der Waals surface area contributed by atoms with Crippen LogP contribution in [0.3, 0.4) is 0 Å². The Morgan fingerprint density at radius 3 is 2.78 bits per heavy atom. The summed E-state index contributed by atoms with van der Waals surface area (Å²) in [4.78, 5) is 49.6. The summed E-state index contributed by atoms with van der Waals surface area (Å²) in [6, 6.07) is 9.54. The third kappa shape index (κ3) is 3.01. The van der Waals surface area contributed by atoms with Crippen LogP contribution in [-0.4, -0.2) is 28.5 Å². The topological polar surface area (TPSA) is 103 Å². The van der Waals surface area contributed by atoms with Crippen LogP contribution in [0.15, 0.2) is 58.0 Å². The van der Waals surface area contributed by atoms with Gasteiger partial charge in [0.2, 0.25) is 5.76 Å². The van der Waals surface area contributed by atoms with Crippen LogP contribution in [0.25, 0.3) is 11.0 Å². The average Bonchev–Trinajstić information content (AvgIpc) is 3.32. The van der Waals surface area contributed by atoms with E-state index >= 15 is 0 Å². The molecule has 0 saturated carbocycles. The molecule has 0 spiro atoms. The minimum atomic E-state index is -0.785. The fourth-order valence-electron chi connectivity index (χ4n) is 3.84. The predicted molar refractivity (Wildman–Crippen MR) is 118 cm³/mol. The molecule has 0 N–H and O–H groups in total. The number of aromatic nitrogens is 2. The Morgan fingerprint density at radius 2 is 2.03 bits per heavy atom. The minimum absolute atomic E-state index is 0.0342. The molecular weight excluding hydrogens is 430 g/mol. The van der Waals surface area contributed by atoms with Crippen LogP contribution in [0.1, 0.15) is 50.0 Å². The van der Waals surface area contributed by atoms with Gasteiger partial charge < -0.3 is 9.15 Å². The van der Waals surface area contributed by atoms with Crippen LogP contribution in [0.2, 0.25) is 0 Å². The van der Waals surface area contributed by atoms with E-state index in [1.165, 1.54) is 4.90 Å². The summed E-state index contributed by atoms with van der Waals surface area (Å²) in [6.45, 7) is 3.62. The average molecular weight is 447 g/mol. The van der Waals surface area contributed by atoms with Crippen molar-refractivity contribution in [3.63, 3.8) is 0 Å². The maximum atomic E-state index is 13.5. The molecule has 9 heteroatoms. The minimum Gasteiger partial charge on any atom is -0.462 e. The number of nitrogens with zero attached hydrogens (tertiary/aromatic N) is 3. The SMILES string of the molecule is CCOC(=O)c1sc(N2C(=O)c3oc4ccccc4c(=O)c3C2c2cccnc2)nc1C. The monoisotopic (exact) mass is 447 g/mol. The largest absolute Gasteiger partial charge is 0.462 e. The number of rotatable bonds is 4. The highest BCUT2D eigenvalue weighted by Crippen LogP contribution is 2.42. The Balaban J connectivity index is 1.74. The molecule has 1 atom stereocenters. The number of para-hydroxylation sites is 1. The second-order valence-electron chi connectivity index (χ2n) is 7.17. The van der Waals surface area contributed by atoms with Gasteiger partial charge >= 0.3 is 5.97 Å². The highest BCUT2D eigenvalue weighted by molar-refractivity contribution is 7.17. The van der Waals surface area contributed by atoms with Crippen molar-refractivity contribution in [3.8, 4) is 0 Å². The van der Waals surface area contributed by atoms with E-state index in [9.17, 15) is 14.4 Å². The summed E-state index contributed by atoms with van der Waals surface area (Å²) in [5, 5.41) is 0.664. The van der Waals surface area contributed by atoms with Gasteiger partial charge in [0.15, 0.2) is 10.6 Å². The number of pyridine rings is 1. The Kier molecular flexibility index (Phi) is 4.82. The van der Waals surface area contributed by atoms with Crippen LogP contribution in [0.5, 0.6) is 0 Å². The zero-order chi connectivity index (χ0) is 22.4. The van der Waals surface area contributed by atoms with Gasteiger partial charge in [0.25, 0.3) is 5.91 Å². The van der Waals surface area contributed by atoms with Crippen molar-refractivity contribution in [3.05, 3.63) is 86.5 Å². The molecule has 1 amide bonds. The van der Waals surface area contributed by atoms with Crippen LogP contribution < -0.4 is 10.3 Å². The van der Waals surface area contributed by atoms with Crippen molar-refractivity contribution in [1.29, 1.82) is 0 Å². The highest BCUT2D eigenvalue weighted by atomic mass is 32.1. The van der Waals surface area contributed by atoms with Crippen molar-refractivity contribution in [1.82, 2.24) is 9.97 Å². The lowest BCUT2D eigenvalue weighted by Crippen LogP contribution is -2.29. The first-order valence-corrected chi connectivity index (χ1v) is 10.8. The molecule has 160 valence electrons. The summed E-state index contributed by atoms with van der Waals surface area (Å²) >= 11 is 1.04. The first-order valence-electron chi connectivity index (χ1n) is 9.95. The molecule has 3 aromatic heterocycles. The molecule has 0 fully saturated rings. The fraction of sp³-hybridized carbons (Fsp3) is 0.174. The van der Waals surface area contributed by atoms with Crippen molar-refractivity contribution < 1.29 is 18.7 Å². The van der Waals surface area contributed by atoms with Gasteiger partial charge in [-0.05, 0) is 37.6 Å². The van der Waals surface area contributed by atoms with Crippen molar-refractivity contribution in [2.24, 2.45) is 0 Å². The molecule has 32 heavy (non-hydrogen) atoms. The summed E-state index contributed by atoms with van der Waals surface area (Å²) < 4.78 is 11.0. The van der Waals surface area contributed by atoms with Gasteiger partial charge in [0, 0.05) is 12.4 Å². The van der Waals surface area contributed by atoms with Gasteiger partial charge in [0.1, 0.15) is 10.5 Å². The van der Waals surface area contributed by atoms with Gasteiger partial charge in [0.05, 0.1) is 29.3 Å². The van der Waals surface area contributed by atoms with Crippen molar-refractivity contribution in [2.45, 2.75) is 19.9 Å². The van der Waals surface area contributed by atoms with Crippen molar-refractivity contribution in [2.75, 3.05) is 11.5 Å². The lowest BCUT2D eigenvalue weighted by atomic mass is 10.0. The maximum Gasteiger partial charge on any atom is 0.350 e.